The van der Waals surface area contributed by atoms with Crippen LogP contribution in [0.15, 0.2) is 17.2 Å². The molecule has 3 atom stereocenters. The van der Waals surface area contributed by atoms with Gasteiger partial charge in [0.15, 0.2) is 0 Å². The number of nitrogens with zero attached hydrogens (tertiary/aromatic N) is 1. The van der Waals surface area contributed by atoms with E-state index in [2.05, 4.69) is 17.6 Å². The number of aliphatic hydroxyl groups is 1. The van der Waals surface area contributed by atoms with E-state index in [9.17, 15) is 14.7 Å². The van der Waals surface area contributed by atoms with Gasteiger partial charge in [-0.05, 0) is 93.6 Å². The lowest BCUT2D eigenvalue weighted by atomic mass is 9.52. The minimum Gasteiger partial charge on any atom is -0.469 e. The number of ether oxygens (including phenoxy) is 1. The van der Waals surface area contributed by atoms with Crippen LogP contribution >= 0.6 is 11.8 Å². The number of methoxy groups -OCH3 is 1. The summed E-state index contributed by atoms with van der Waals surface area (Å²) >= 11 is 1.62. The number of hydrogen-bond acceptors (Lipinski definition) is 7. The molecule has 4 aliphatic carbocycles. The molecular weight excluding hydrogens is 462 g/mol. The Balaban J connectivity index is 1.40. The smallest absolute Gasteiger partial charge is 0.306 e. The standard InChI is InChI=1S/C27H39N3O4S/c1-3-9-35-25-20(5-6-21(29-25)26(15-22(31)34-2)7-4-8-28-16-26)24(32)30-23-18-10-17-11-19(23)14-27(33,12-17)13-18/h5-6,17-19,23,28,33H,3-4,7-16H2,1-2H3,(H,30,32)/t17?,18?,19?,23?,26-,27?/m0/s1. The first-order chi connectivity index (χ1) is 16.8. The van der Waals surface area contributed by atoms with Crippen LogP contribution in [0.4, 0.5) is 0 Å². The van der Waals surface area contributed by atoms with Crippen LogP contribution in [-0.4, -0.2) is 59.6 Å². The molecule has 192 valence electrons. The number of thioether (sulfide) groups is 1. The number of rotatable bonds is 8. The molecule has 5 aliphatic rings. The molecule has 1 aromatic rings. The average Bonchev–Trinajstić information content (AvgIpc) is 2.84. The first kappa shape index (κ1) is 25.0. The number of esters is 1. The Bertz CT molecular complexity index is 948. The molecule has 1 amide bonds. The second-order valence-electron chi connectivity index (χ2n) is 11.4. The van der Waals surface area contributed by atoms with Gasteiger partial charge in [0.05, 0.1) is 24.7 Å². The third-order valence-corrected chi connectivity index (χ3v) is 10.0. The van der Waals surface area contributed by atoms with Gasteiger partial charge in [-0.1, -0.05) is 6.92 Å². The van der Waals surface area contributed by atoms with Gasteiger partial charge in [0.1, 0.15) is 5.03 Å². The highest BCUT2D eigenvalue weighted by atomic mass is 32.2. The zero-order valence-corrected chi connectivity index (χ0v) is 21.8. The van der Waals surface area contributed by atoms with Gasteiger partial charge >= 0.3 is 5.97 Å². The molecule has 8 heteroatoms. The lowest BCUT2D eigenvalue weighted by Crippen LogP contribution is -2.61. The van der Waals surface area contributed by atoms with E-state index >= 15 is 0 Å². The van der Waals surface area contributed by atoms with Crippen LogP contribution in [0.5, 0.6) is 0 Å². The van der Waals surface area contributed by atoms with Gasteiger partial charge in [0.2, 0.25) is 0 Å². The molecule has 6 rings (SSSR count). The second kappa shape index (κ2) is 10.0. The summed E-state index contributed by atoms with van der Waals surface area (Å²) in [5.74, 6) is 1.93. The van der Waals surface area contributed by atoms with Gasteiger partial charge in [0, 0.05) is 23.7 Å². The van der Waals surface area contributed by atoms with Crippen LogP contribution in [0.3, 0.4) is 0 Å². The van der Waals surface area contributed by atoms with E-state index in [-0.39, 0.29) is 24.3 Å². The first-order valence-electron chi connectivity index (χ1n) is 13.3. The van der Waals surface area contributed by atoms with Crippen LogP contribution in [0, 0.1) is 17.8 Å². The van der Waals surface area contributed by atoms with Gasteiger partial charge in [-0.3, -0.25) is 9.59 Å². The van der Waals surface area contributed by atoms with Crippen LogP contribution in [-0.2, 0) is 14.9 Å². The van der Waals surface area contributed by atoms with Crippen LogP contribution in [0.25, 0.3) is 0 Å². The van der Waals surface area contributed by atoms with Gasteiger partial charge < -0.3 is 20.5 Å². The number of aromatic nitrogens is 1. The van der Waals surface area contributed by atoms with Crippen molar-refractivity contribution >= 4 is 23.6 Å². The van der Waals surface area contributed by atoms with Crippen molar-refractivity contribution < 1.29 is 19.4 Å². The van der Waals surface area contributed by atoms with E-state index in [0.717, 1.165) is 74.4 Å². The van der Waals surface area contributed by atoms with Crippen LogP contribution < -0.4 is 10.6 Å². The minimum absolute atomic E-state index is 0.0593. The molecule has 0 spiro atoms. The Morgan fingerprint density at radius 3 is 2.66 bits per heavy atom. The summed E-state index contributed by atoms with van der Waals surface area (Å²) in [7, 11) is 1.43. The fourth-order valence-electron chi connectivity index (χ4n) is 7.44. The largest absolute Gasteiger partial charge is 0.469 e. The van der Waals surface area contributed by atoms with Crippen LogP contribution in [0.1, 0.15) is 80.8 Å². The molecule has 4 bridgehead atoms. The normalized spacial score (nSPS) is 35.6. The predicted octanol–water partition coefficient (Wildman–Crippen LogP) is 3.44. The Kier molecular flexibility index (Phi) is 7.16. The predicted molar refractivity (Wildman–Crippen MR) is 135 cm³/mol. The summed E-state index contributed by atoms with van der Waals surface area (Å²) in [5, 5.41) is 18.5. The number of pyridine rings is 1. The molecule has 5 fully saturated rings. The Hall–Kier alpha value is -1.64. The second-order valence-corrected chi connectivity index (χ2v) is 12.5. The zero-order chi connectivity index (χ0) is 24.6. The Labute approximate surface area is 212 Å². The average molecular weight is 502 g/mol. The summed E-state index contributed by atoms with van der Waals surface area (Å²) in [4.78, 5) is 30.9. The van der Waals surface area contributed by atoms with Crippen molar-refractivity contribution in [2.45, 2.75) is 86.8 Å². The molecule has 1 aliphatic heterocycles. The van der Waals surface area contributed by atoms with Crippen molar-refractivity contribution in [3.8, 4) is 0 Å². The highest BCUT2D eigenvalue weighted by molar-refractivity contribution is 7.99. The number of amides is 1. The third-order valence-electron chi connectivity index (χ3n) is 8.81. The zero-order valence-electron chi connectivity index (χ0n) is 21.0. The van der Waals surface area contributed by atoms with Crippen molar-refractivity contribution in [2.75, 3.05) is 26.0 Å². The highest BCUT2D eigenvalue weighted by Crippen LogP contribution is 2.55. The molecule has 4 saturated carbocycles. The summed E-state index contributed by atoms with van der Waals surface area (Å²) < 4.78 is 5.01. The van der Waals surface area contributed by atoms with Crippen molar-refractivity contribution in [2.24, 2.45) is 17.8 Å². The maximum atomic E-state index is 13.6. The lowest BCUT2D eigenvalue weighted by Gasteiger charge is -2.58. The fraction of sp³-hybridized carbons (Fsp3) is 0.741. The summed E-state index contributed by atoms with van der Waals surface area (Å²) in [6.07, 6.45) is 7.87. The molecule has 1 aromatic heterocycles. The van der Waals surface area contributed by atoms with E-state index < -0.39 is 11.0 Å². The van der Waals surface area contributed by atoms with E-state index in [4.69, 9.17) is 9.72 Å². The minimum atomic E-state index is -0.509. The SMILES string of the molecule is CCCSc1nc([C@]2(CC(=O)OC)CCCNC2)ccc1C(=O)NC1C2CC3CC1CC(O)(C3)C2. The molecule has 35 heavy (non-hydrogen) atoms. The molecule has 1 saturated heterocycles. The maximum absolute atomic E-state index is 13.6. The van der Waals surface area contributed by atoms with Crippen molar-refractivity contribution in [3.05, 3.63) is 23.4 Å². The monoisotopic (exact) mass is 501 g/mol. The molecule has 0 aromatic carbocycles. The Morgan fingerprint density at radius 1 is 1.26 bits per heavy atom. The summed E-state index contributed by atoms with van der Waals surface area (Å²) in [5.41, 5.74) is 0.558. The number of carbonyl (C=O) groups excluding carboxylic acids is 2. The maximum Gasteiger partial charge on any atom is 0.306 e. The van der Waals surface area contributed by atoms with Gasteiger partial charge in [-0.25, -0.2) is 4.98 Å². The molecule has 2 heterocycles. The molecule has 7 nitrogen and oxygen atoms in total. The first-order valence-corrected chi connectivity index (χ1v) is 14.3. The highest BCUT2D eigenvalue weighted by Gasteiger charge is 2.55. The summed E-state index contributed by atoms with van der Waals surface area (Å²) in [6.45, 7) is 3.73. The van der Waals surface area contributed by atoms with Crippen molar-refractivity contribution in [1.29, 1.82) is 0 Å². The van der Waals surface area contributed by atoms with Crippen molar-refractivity contribution in [1.82, 2.24) is 15.6 Å². The van der Waals surface area contributed by atoms with E-state index in [0.29, 0.717) is 29.9 Å². The van der Waals surface area contributed by atoms with E-state index in [1.807, 2.05) is 12.1 Å². The topological polar surface area (TPSA) is 101 Å². The fourth-order valence-corrected chi connectivity index (χ4v) is 8.32. The van der Waals surface area contributed by atoms with Crippen molar-refractivity contribution in [3.63, 3.8) is 0 Å². The molecule has 0 radical (unpaired) electrons. The Morgan fingerprint density at radius 2 is 2.03 bits per heavy atom. The van der Waals surface area contributed by atoms with Crippen LogP contribution in [0.2, 0.25) is 0 Å². The molecular formula is C27H39N3O4S. The lowest BCUT2D eigenvalue weighted by molar-refractivity contribution is -0.142. The molecule has 3 N–H and O–H groups in total. The quantitative estimate of drug-likeness (QED) is 0.371. The summed E-state index contributed by atoms with van der Waals surface area (Å²) in [6, 6.07) is 3.99. The van der Waals surface area contributed by atoms with Gasteiger partial charge in [0.25, 0.3) is 5.91 Å². The van der Waals surface area contributed by atoms with Gasteiger partial charge in [-0.15, -0.1) is 11.8 Å². The van der Waals surface area contributed by atoms with E-state index in [1.165, 1.54) is 7.11 Å². The number of nitrogens with one attached hydrogen (secondary N) is 2. The number of piperidine rings is 1. The van der Waals surface area contributed by atoms with Gasteiger partial charge in [-0.2, -0.15) is 0 Å². The molecule has 2 unspecified atom stereocenters. The number of hydrogen-bond donors (Lipinski definition) is 3. The third kappa shape index (κ3) is 4.98. The number of carbonyl (C=O) groups is 2. The van der Waals surface area contributed by atoms with E-state index in [1.54, 1.807) is 11.8 Å².